The number of hydrogen-bond donors (Lipinski definition) is 0. The topological polar surface area (TPSA) is 13.1 Å². The van der Waals surface area contributed by atoms with E-state index in [-0.39, 0.29) is 12.4 Å². The highest BCUT2D eigenvalue weighted by atomic mass is 35.5. The summed E-state index contributed by atoms with van der Waals surface area (Å²) in [6.45, 7) is 0. The number of hydrogen-bond acceptors (Lipinski definition) is 1. The minimum Gasteiger partial charge on any atom is -1.00 e. The molecule has 0 saturated carbocycles. The second-order valence-electron chi connectivity index (χ2n) is 2.95. The summed E-state index contributed by atoms with van der Waals surface area (Å²) in [4.78, 5) is 0. The van der Waals surface area contributed by atoms with Crippen LogP contribution in [0.25, 0.3) is 5.69 Å². The average Bonchev–Trinajstić information content (AvgIpc) is 2.30. The Balaban J connectivity index is 0.00000112. The molecular formula is C12H12ClNO. The van der Waals surface area contributed by atoms with Crippen LogP contribution in [0.4, 0.5) is 0 Å². The summed E-state index contributed by atoms with van der Waals surface area (Å²) in [5.74, 6) is 0.832. The summed E-state index contributed by atoms with van der Waals surface area (Å²) in [5.41, 5.74) is 1.10. The van der Waals surface area contributed by atoms with Crippen LogP contribution >= 0.6 is 0 Å². The monoisotopic (exact) mass is 221 g/mol. The van der Waals surface area contributed by atoms with E-state index >= 15 is 0 Å². The highest BCUT2D eigenvalue weighted by Gasteiger charge is 2.11. The van der Waals surface area contributed by atoms with Crippen molar-refractivity contribution < 1.29 is 21.7 Å². The third-order valence-corrected chi connectivity index (χ3v) is 2.07. The molecule has 0 unspecified atom stereocenters. The van der Waals surface area contributed by atoms with Crippen LogP contribution in [-0.2, 0) is 0 Å². The summed E-state index contributed by atoms with van der Waals surface area (Å²) in [7, 11) is 1.68. The molecule has 0 radical (unpaired) electrons. The van der Waals surface area contributed by atoms with Gasteiger partial charge in [0, 0.05) is 18.2 Å². The minimum absolute atomic E-state index is 0. The molecule has 0 fully saturated rings. The number of methoxy groups -OCH3 is 1. The van der Waals surface area contributed by atoms with E-state index < -0.39 is 0 Å². The molecule has 0 aliphatic heterocycles. The van der Waals surface area contributed by atoms with Gasteiger partial charge in [-0.3, -0.25) is 0 Å². The summed E-state index contributed by atoms with van der Waals surface area (Å²) in [6.07, 6.45) is 1.98. The van der Waals surface area contributed by atoms with Gasteiger partial charge in [0.25, 0.3) is 0 Å². The maximum absolute atomic E-state index is 5.26. The van der Waals surface area contributed by atoms with Crippen LogP contribution in [0, 0.1) is 0 Å². The number of benzene rings is 1. The number of pyridine rings is 1. The lowest BCUT2D eigenvalue weighted by atomic mass is 10.3. The summed E-state index contributed by atoms with van der Waals surface area (Å²) >= 11 is 0. The molecule has 1 aromatic carbocycles. The number of halogens is 1. The van der Waals surface area contributed by atoms with Crippen molar-refractivity contribution in [2.24, 2.45) is 0 Å². The average molecular weight is 222 g/mol. The van der Waals surface area contributed by atoms with Crippen LogP contribution in [-0.4, -0.2) is 7.11 Å². The molecule has 0 amide bonds. The first-order chi connectivity index (χ1) is 6.92. The fourth-order valence-electron chi connectivity index (χ4n) is 1.40. The zero-order valence-corrected chi connectivity index (χ0v) is 9.19. The van der Waals surface area contributed by atoms with Crippen molar-refractivity contribution in [3.8, 4) is 11.6 Å². The van der Waals surface area contributed by atoms with Crippen LogP contribution in [0.1, 0.15) is 0 Å². The molecule has 0 N–H and O–H groups in total. The molecule has 0 saturated heterocycles. The van der Waals surface area contributed by atoms with Crippen molar-refractivity contribution in [1.29, 1.82) is 0 Å². The number of nitrogens with zero attached hydrogens (tertiary/aromatic N) is 1. The van der Waals surface area contributed by atoms with Gasteiger partial charge in [-0.2, -0.15) is 0 Å². The first kappa shape index (κ1) is 11.5. The second-order valence-corrected chi connectivity index (χ2v) is 2.95. The second kappa shape index (κ2) is 5.37. The van der Waals surface area contributed by atoms with Crippen molar-refractivity contribution in [3.63, 3.8) is 0 Å². The fourth-order valence-corrected chi connectivity index (χ4v) is 1.40. The van der Waals surface area contributed by atoms with Gasteiger partial charge >= 0.3 is 5.88 Å². The number of ether oxygens (including phenoxy) is 1. The Kier molecular flexibility index (Phi) is 4.13. The summed E-state index contributed by atoms with van der Waals surface area (Å²) in [5, 5.41) is 0. The van der Waals surface area contributed by atoms with Crippen molar-refractivity contribution in [2.75, 3.05) is 7.11 Å². The van der Waals surface area contributed by atoms with Crippen LogP contribution in [0.15, 0.2) is 54.7 Å². The van der Waals surface area contributed by atoms with E-state index in [9.17, 15) is 0 Å². The van der Waals surface area contributed by atoms with E-state index in [1.807, 2.05) is 59.3 Å². The largest absolute Gasteiger partial charge is 1.00 e. The van der Waals surface area contributed by atoms with E-state index in [0.29, 0.717) is 0 Å². The molecule has 3 heteroatoms. The van der Waals surface area contributed by atoms with Gasteiger partial charge in [0.05, 0.1) is 13.2 Å². The lowest BCUT2D eigenvalue weighted by molar-refractivity contribution is -0.602. The van der Waals surface area contributed by atoms with Crippen molar-refractivity contribution in [1.82, 2.24) is 0 Å². The van der Waals surface area contributed by atoms with E-state index in [4.69, 9.17) is 4.74 Å². The van der Waals surface area contributed by atoms with Gasteiger partial charge in [-0.1, -0.05) is 18.2 Å². The van der Waals surface area contributed by atoms with Crippen LogP contribution in [0.3, 0.4) is 0 Å². The maximum atomic E-state index is 5.26. The zero-order valence-electron chi connectivity index (χ0n) is 8.43. The molecule has 1 heterocycles. The Morgan fingerprint density at radius 1 is 0.933 bits per heavy atom. The highest BCUT2D eigenvalue weighted by Crippen LogP contribution is 2.06. The molecule has 2 nitrogen and oxygen atoms in total. The van der Waals surface area contributed by atoms with Crippen LogP contribution in [0.5, 0.6) is 5.88 Å². The van der Waals surface area contributed by atoms with Gasteiger partial charge in [-0.15, -0.1) is 4.57 Å². The Hall–Kier alpha value is -1.54. The maximum Gasteiger partial charge on any atom is 0.373 e. The molecule has 0 spiro atoms. The number of aromatic nitrogens is 1. The highest BCUT2D eigenvalue weighted by molar-refractivity contribution is 5.23. The molecule has 0 aliphatic carbocycles. The SMILES string of the molecule is COc1cccc[n+]1-c1ccccc1.[Cl-]. The van der Waals surface area contributed by atoms with Gasteiger partial charge in [0.15, 0.2) is 6.20 Å². The molecule has 0 aliphatic rings. The van der Waals surface area contributed by atoms with Gasteiger partial charge < -0.3 is 17.1 Å². The molecule has 0 atom stereocenters. The lowest BCUT2D eigenvalue weighted by Gasteiger charge is -1.99. The number of para-hydroxylation sites is 1. The van der Waals surface area contributed by atoms with Crippen molar-refractivity contribution in [3.05, 3.63) is 54.7 Å². The Labute approximate surface area is 95.5 Å². The van der Waals surface area contributed by atoms with Crippen LogP contribution < -0.4 is 21.7 Å². The minimum atomic E-state index is 0. The van der Waals surface area contributed by atoms with Gasteiger partial charge in [-0.05, 0) is 6.07 Å². The van der Waals surface area contributed by atoms with Crippen molar-refractivity contribution in [2.45, 2.75) is 0 Å². The quantitative estimate of drug-likeness (QED) is 0.592. The zero-order chi connectivity index (χ0) is 9.80. The molecule has 78 valence electrons. The van der Waals surface area contributed by atoms with Gasteiger partial charge in [0.1, 0.15) is 0 Å². The fraction of sp³-hybridized carbons (Fsp3) is 0.0833. The summed E-state index contributed by atoms with van der Waals surface area (Å²) < 4.78 is 7.26. The van der Waals surface area contributed by atoms with Gasteiger partial charge in [-0.25, -0.2) is 0 Å². The van der Waals surface area contributed by atoms with E-state index in [1.54, 1.807) is 7.11 Å². The normalized spacial score (nSPS) is 9.13. The molecule has 1 aromatic heterocycles. The molecule has 15 heavy (non-hydrogen) atoms. The predicted molar refractivity (Wildman–Crippen MR) is 54.5 cm³/mol. The third-order valence-electron chi connectivity index (χ3n) is 2.07. The third kappa shape index (κ3) is 2.48. The molecule has 2 aromatic rings. The standard InChI is InChI=1S/C12H12NO.ClH/c1-14-12-9-5-6-10-13(12)11-7-3-2-4-8-11;/h2-10H,1H3;1H/q+1;/p-1. The predicted octanol–water partition coefficient (Wildman–Crippen LogP) is -1.02. The summed E-state index contributed by atoms with van der Waals surface area (Å²) in [6, 6.07) is 16.0. The molecular weight excluding hydrogens is 210 g/mol. The van der Waals surface area contributed by atoms with E-state index in [2.05, 4.69) is 0 Å². The first-order valence-corrected chi connectivity index (χ1v) is 4.52. The van der Waals surface area contributed by atoms with Crippen LogP contribution in [0.2, 0.25) is 0 Å². The lowest BCUT2D eigenvalue weighted by Crippen LogP contribution is -3.00. The van der Waals surface area contributed by atoms with E-state index in [0.717, 1.165) is 11.6 Å². The number of rotatable bonds is 2. The van der Waals surface area contributed by atoms with Crippen molar-refractivity contribution >= 4 is 0 Å². The molecule has 0 bridgehead atoms. The van der Waals surface area contributed by atoms with E-state index in [1.165, 1.54) is 0 Å². The Morgan fingerprint density at radius 3 is 2.27 bits per heavy atom. The Bertz CT molecular complexity index is 417. The van der Waals surface area contributed by atoms with Gasteiger partial charge in [0.2, 0.25) is 5.69 Å². The first-order valence-electron chi connectivity index (χ1n) is 4.52. The Morgan fingerprint density at radius 2 is 1.60 bits per heavy atom. The molecule has 2 rings (SSSR count). The smallest absolute Gasteiger partial charge is 0.373 e.